The Labute approximate surface area is 126 Å². The quantitative estimate of drug-likeness (QED) is 0.808. The lowest BCUT2D eigenvalue weighted by Gasteiger charge is -2.26. The summed E-state index contributed by atoms with van der Waals surface area (Å²) in [5.41, 5.74) is 1.48. The van der Waals surface area contributed by atoms with Crippen LogP contribution in [0, 0.1) is 5.92 Å². The molecule has 0 radical (unpaired) electrons. The van der Waals surface area contributed by atoms with Crippen LogP contribution in [0.1, 0.15) is 43.5 Å². The van der Waals surface area contributed by atoms with E-state index < -0.39 is 0 Å². The molecule has 1 heterocycles. The normalized spacial score (nSPS) is 21.8. The number of piperidine rings is 1. The van der Waals surface area contributed by atoms with E-state index in [9.17, 15) is 9.59 Å². The maximum Gasteiger partial charge on any atom is 0.224 e. The van der Waals surface area contributed by atoms with E-state index in [1.54, 1.807) is 24.3 Å². The smallest absolute Gasteiger partial charge is 0.224 e. The average Bonchev–Trinajstić information content (AvgIpc) is 2.50. The number of likely N-dealkylation sites (tertiary alicyclic amines) is 1. The van der Waals surface area contributed by atoms with E-state index in [-0.39, 0.29) is 11.7 Å². The Morgan fingerprint density at radius 3 is 2.38 bits per heavy atom. The monoisotopic (exact) mass is 289 g/mol. The molecule has 114 valence electrons. The fourth-order valence-corrected chi connectivity index (χ4v) is 2.67. The third-order valence-corrected chi connectivity index (χ3v) is 4.20. The van der Waals surface area contributed by atoms with Gasteiger partial charge in [-0.1, -0.05) is 13.8 Å². The van der Waals surface area contributed by atoms with E-state index >= 15 is 0 Å². The van der Waals surface area contributed by atoms with Crippen molar-refractivity contribution in [1.29, 1.82) is 0 Å². The SMILES string of the molecule is CCC(=O)Nc1ccc(C(=O)C[NH+]2CCC(C)CC2)cc1. The predicted octanol–water partition coefficient (Wildman–Crippen LogP) is 1.53. The third kappa shape index (κ3) is 4.67. The first-order valence-corrected chi connectivity index (χ1v) is 7.85. The minimum atomic E-state index is -0.0130. The van der Waals surface area contributed by atoms with Crippen molar-refractivity contribution in [2.24, 2.45) is 5.92 Å². The summed E-state index contributed by atoms with van der Waals surface area (Å²) in [6.07, 6.45) is 2.88. The molecular weight excluding hydrogens is 264 g/mol. The Morgan fingerprint density at radius 1 is 1.19 bits per heavy atom. The van der Waals surface area contributed by atoms with E-state index in [4.69, 9.17) is 0 Å². The van der Waals surface area contributed by atoms with Crippen molar-refractivity contribution >= 4 is 17.4 Å². The number of rotatable bonds is 5. The molecule has 4 heteroatoms. The van der Waals surface area contributed by atoms with Gasteiger partial charge in [0.25, 0.3) is 0 Å². The fourth-order valence-electron chi connectivity index (χ4n) is 2.67. The fraction of sp³-hybridized carbons (Fsp3) is 0.529. The number of Topliss-reactive ketones (excluding diaryl/α,β-unsaturated/α-hetero) is 1. The van der Waals surface area contributed by atoms with Gasteiger partial charge in [-0.2, -0.15) is 0 Å². The Balaban J connectivity index is 1.89. The summed E-state index contributed by atoms with van der Waals surface area (Å²) in [7, 11) is 0. The van der Waals surface area contributed by atoms with Gasteiger partial charge in [0, 0.05) is 17.7 Å². The van der Waals surface area contributed by atoms with E-state index in [0.29, 0.717) is 13.0 Å². The van der Waals surface area contributed by atoms with E-state index in [2.05, 4.69) is 12.2 Å². The van der Waals surface area contributed by atoms with Crippen LogP contribution >= 0.6 is 0 Å². The average molecular weight is 289 g/mol. The Hall–Kier alpha value is -1.68. The molecule has 0 atom stereocenters. The minimum absolute atomic E-state index is 0.0130. The molecule has 0 unspecified atom stereocenters. The summed E-state index contributed by atoms with van der Waals surface area (Å²) >= 11 is 0. The minimum Gasteiger partial charge on any atom is -0.328 e. The molecule has 1 aromatic carbocycles. The van der Waals surface area contributed by atoms with Crippen molar-refractivity contribution in [1.82, 2.24) is 0 Å². The van der Waals surface area contributed by atoms with Gasteiger partial charge in [-0.15, -0.1) is 0 Å². The van der Waals surface area contributed by atoms with Crippen molar-refractivity contribution in [3.63, 3.8) is 0 Å². The zero-order valence-corrected chi connectivity index (χ0v) is 12.9. The number of ketones is 1. The van der Waals surface area contributed by atoms with Crippen LogP contribution < -0.4 is 10.2 Å². The van der Waals surface area contributed by atoms with E-state index in [0.717, 1.165) is 30.3 Å². The van der Waals surface area contributed by atoms with Crippen LogP contribution in [0.25, 0.3) is 0 Å². The van der Waals surface area contributed by atoms with Crippen molar-refractivity contribution in [2.45, 2.75) is 33.1 Å². The largest absolute Gasteiger partial charge is 0.328 e. The van der Waals surface area contributed by atoms with Crippen molar-refractivity contribution < 1.29 is 14.5 Å². The standard InChI is InChI=1S/C17H24N2O2/c1-3-17(21)18-15-6-4-14(5-7-15)16(20)12-19-10-8-13(2)9-11-19/h4-7,13H,3,8-12H2,1-2H3,(H,18,21)/p+1. The molecule has 2 N–H and O–H groups in total. The van der Waals surface area contributed by atoms with Gasteiger partial charge in [-0.05, 0) is 43.0 Å². The molecule has 1 aliphatic heterocycles. The Kier molecular flexibility index (Phi) is 5.51. The Morgan fingerprint density at radius 2 is 1.81 bits per heavy atom. The number of carbonyl (C=O) groups excluding carboxylic acids is 2. The van der Waals surface area contributed by atoms with Crippen LogP contribution in [-0.2, 0) is 4.79 Å². The van der Waals surface area contributed by atoms with Crippen LogP contribution in [0.2, 0.25) is 0 Å². The second-order valence-corrected chi connectivity index (χ2v) is 6.01. The molecule has 0 aromatic heterocycles. The highest BCUT2D eigenvalue weighted by Crippen LogP contribution is 2.11. The van der Waals surface area contributed by atoms with Gasteiger partial charge in [-0.3, -0.25) is 9.59 Å². The number of anilines is 1. The van der Waals surface area contributed by atoms with Gasteiger partial charge in [0.05, 0.1) is 13.1 Å². The number of hydrogen-bond acceptors (Lipinski definition) is 2. The second kappa shape index (κ2) is 7.36. The Bertz CT molecular complexity index is 488. The number of hydrogen-bond donors (Lipinski definition) is 2. The number of benzene rings is 1. The van der Waals surface area contributed by atoms with E-state index in [1.807, 2.05) is 6.92 Å². The predicted molar refractivity (Wildman–Crippen MR) is 83.7 cm³/mol. The number of quaternary nitrogens is 1. The van der Waals surface area contributed by atoms with Crippen LogP contribution in [0.15, 0.2) is 24.3 Å². The first-order chi connectivity index (χ1) is 10.1. The number of nitrogens with one attached hydrogen (secondary N) is 2. The highest BCUT2D eigenvalue weighted by molar-refractivity contribution is 5.97. The lowest BCUT2D eigenvalue weighted by molar-refractivity contribution is -0.897. The lowest BCUT2D eigenvalue weighted by Crippen LogP contribution is -3.13. The van der Waals surface area contributed by atoms with Gasteiger partial charge in [0.15, 0.2) is 0 Å². The van der Waals surface area contributed by atoms with Crippen molar-refractivity contribution in [3.8, 4) is 0 Å². The maximum absolute atomic E-state index is 12.3. The molecule has 0 spiro atoms. The van der Waals surface area contributed by atoms with Gasteiger partial charge in [0.2, 0.25) is 11.7 Å². The molecule has 1 aliphatic rings. The summed E-state index contributed by atoms with van der Waals surface area (Å²) in [6, 6.07) is 7.21. The maximum atomic E-state index is 12.3. The molecule has 0 aliphatic carbocycles. The van der Waals surface area contributed by atoms with Gasteiger partial charge in [-0.25, -0.2) is 0 Å². The summed E-state index contributed by atoms with van der Waals surface area (Å²) in [6.45, 7) is 6.86. The summed E-state index contributed by atoms with van der Waals surface area (Å²) < 4.78 is 0. The highest BCUT2D eigenvalue weighted by atomic mass is 16.1. The summed E-state index contributed by atoms with van der Waals surface area (Å²) in [5.74, 6) is 0.971. The molecule has 0 bridgehead atoms. The van der Waals surface area contributed by atoms with Crippen LogP contribution in [0.3, 0.4) is 0 Å². The molecule has 1 saturated heterocycles. The highest BCUT2D eigenvalue weighted by Gasteiger charge is 2.21. The van der Waals surface area contributed by atoms with Gasteiger partial charge in [0.1, 0.15) is 6.54 Å². The third-order valence-electron chi connectivity index (χ3n) is 4.20. The first-order valence-electron chi connectivity index (χ1n) is 7.85. The molecule has 1 aromatic rings. The molecule has 21 heavy (non-hydrogen) atoms. The molecule has 4 nitrogen and oxygen atoms in total. The zero-order chi connectivity index (χ0) is 15.2. The second-order valence-electron chi connectivity index (χ2n) is 6.01. The molecule has 1 fully saturated rings. The van der Waals surface area contributed by atoms with Gasteiger partial charge >= 0.3 is 0 Å². The van der Waals surface area contributed by atoms with E-state index in [1.165, 1.54) is 17.7 Å². The summed E-state index contributed by atoms with van der Waals surface area (Å²) in [5, 5.41) is 2.79. The first kappa shape index (κ1) is 15.7. The number of amides is 1. The number of carbonyl (C=O) groups is 2. The zero-order valence-electron chi connectivity index (χ0n) is 12.9. The summed E-state index contributed by atoms with van der Waals surface area (Å²) in [4.78, 5) is 25.0. The molecule has 0 saturated carbocycles. The van der Waals surface area contributed by atoms with Crippen LogP contribution in [0.4, 0.5) is 5.69 Å². The van der Waals surface area contributed by atoms with Gasteiger partial charge < -0.3 is 10.2 Å². The van der Waals surface area contributed by atoms with Crippen LogP contribution in [-0.4, -0.2) is 31.3 Å². The van der Waals surface area contributed by atoms with Crippen molar-refractivity contribution in [3.05, 3.63) is 29.8 Å². The lowest BCUT2D eigenvalue weighted by atomic mass is 9.98. The van der Waals surface area contributed by atoms with Crippen molar-refractivity contribution in [2.75, 3.05) is 25.0 Å². The van der Waals surface area contributed by atoms with Crippen LogP contribution in [0.5, 0.6) is 0 Å². The molecule has 1 amide bonds. The molecule has 2 rings (SSSR count). The molecular formula is C17H25N2O2+. The topological polar surface area (TPSA) is 50.6 Å².